The van der Waals surface area contributed by atoms with Crippen molar-refractivity contribution >= 4 is 20.6 Å². The predicted molar refractivity (Wildman–Crippen MR) is 33.6 cm³/mol. The molecule has 0 aliphatic heterocycles. The van der Waals surface area contributed by atoms with Crippen molar-refractivity contribution in [3.8, 4) is 0 Å². The van der Waals surface area contributed by atoms with Gasteiger partial charge in [-0.1, -0.05) is 0 Å². The highest BCUT2D eigenvalue weighted by Crippen LogP contribution is 1.82. The fraction of sp³-hybridized carbons (Fsp3) is 0.250. The number of hydrogen-bond acceptors (Lipinski definition) is 1. The van der Waals surface area contributed by atoms with Crippen LogP contribution in [0.25, 0.3) is 0 Å². The van der Waals surface area contributed by atoms with Gasteiger partial charge in [0.25, 0.3) is 0 Å². The minimum atomic E-state index is 0.408. The van der Waals surface area contributed by atoms with E-state index in [1.165, 1.54) is 0 Å². The van der Waals surface area contributed by atoms with E-state index in [0.717, 1.165) is 0 Å². The lowest BCUT2D eigenvalue weighted by Gasteiger charge is -1.75. The van der Waals surface area contributed by atoms with Gasteiger partial charge in [-0.2, -0.15) is 0 Å². The zero-order valence-electron chi connectivity index (χ0n) is 4.11. The molecule has 3 N–H and O–H groups in total. The molecule has 0 aromatic rings. The highest BCUT2D eigenvalue weighted by atomic mass is 79.9. The first kappa shape index (κ1) is 6.85. The minimum absolute atomic E-state index is 0.408. The molecule has 40 valence electrons. The van der Waals surface area contributed by atoms with Crippen molar-refractivity contribution in [2.75, 3.05) is 7.05 Å². The molecule has 0 bridgehead atoms. The van der Waals surface area contributed by atoms with E-state index in [4.69, 9.17) is 5.41 Å². The predicted octanol–water partition coefficient (Wildman–Crippen LogP) is 0.0655. The molecule has 3 heteroatoms. The fourth-order valence-corrected chi connectivity index (χ4v) is 0.333. The number of nitrogens with two attached hydrogens (primary N) is 1. The Bertz CT molecular complexity index is 87.7. The summed E-state index contributed by atoms with van der Waals surface area (Å²) >= 11 is 2.95. The summed E-state index contributed by atoms with van der Waals surface area (Å²) in [5, 5.41) is 8.68. The van der Waals surface area contributed by atoms with Crippen molar-refractivity contribution in [1.82, 2.24) is 0 Å². The van der Waals surface area contributed by atoms with Crippen LogP contribution in [-0.4, -0.2) is 11.7 Å². The van der Waals surface area contributed by atoms with Crippen molar-refractivity contribution < 1.29 is 5.32 Å². The normalized spacial score (nSPS) is 10.0. The summed E-state index contributed by atoms with van der Waals surface area (Å²) in [6.45, 7) is 0. The van der Waals surface area contributed by atoms with E-state index in [1.807, 2.05) is 12.4 Å². The highest BCUT2D eigenvalue weighted by Gasteiger charge is 1.75. The molecule has 0 amide bonds. The van der Waals surface area contributed by atoms with Crippen LogP contribution >= 0.6 is 15.9 Å². The maximum absolute atomic E-state index is 6.81. The molecule has 7 heavy (non-hydrogen) atoms. The van der Waals surface area contributed by atoms with Gasteiger partial charge in [0.05, 0.1) is 13.2 Å². The monoisotopic (exact) mass is 163 g/mol. The molecule has 0 radical (unpaired) electrons. The Morgan fingerprint density at radius 3 is 2.57 bits per heavy atom. The molecule has 0 rings (SSSR count). The summed E-state index contributed by atoms with van der Waals surface area (Å²) in [5.41, 5.74) is 0. The van der Waals surface area contributed by atoms with Crippen LogP contribution in [0.2, 0.25) is 0 Å². The Hall–Kier alpha value is -0.150. The third-order valence-corrected chi connectivity index (χ3v) is 0.699. The first-order valence-electron chi connectivity index (χ1n) is 1.97. The van der Waals surface area contributed by atoms with E-state index in [-0.39, 0.29) is 0 Å². The second kappa shape index (κ2) is 4.02. The van der Waals surface area contributed by atoms with Gasteiger partial charge in [0.2, 0.25) is 0 Å². The van der Waals surface area contributed by atoms with Crippen LogP contribution in [0.15, 0.2) is 12.3 Å². The molecule has 0 atom stereocenters. The molecule has 0 aromatic carbocycles. The zero-order valence-corrected chi connectivity index (χ0v) is 5.70. The van der Waals surface area contributed by atoms with Gasteiger partial charge in [0.15, 0.2) is 0 Å². The van der Waals surface area contributed by atoms with Crippen molar-refractivity contribution in [1.29, 1.82) is 5.41 Å². The van der Waals surface area contributed by atoms with Crippen LogP contribution in [0.4, 0.5) is 0 Å². The van der Waals surface area contributed by atoms with Crippen LogP contribution in [0.5, 0.6) is 0 Å². The second-order valence-corrected chi connectivity index (χ2v) is 1.89. The third kappa shape index (κ3) is 5.85. The molecular weight excluding hydrogens is 156 g/mol. The summed E-state index contributed by atoms with van der Waals surface area (Å²) in [5.74, 6) is 0. The maximum Gasteiger partial charge on any atom is 0.102 e. The Morgan fingerprint density at radius 1 is 1.86 bits per heavy atom. The van der Waals surface area contributed by atoms with Crippen molar-refractivity contribution in [2.24, 2.45) is 0 Å². The summed E-state index contributed by atoms with van der Waals surface area (Å²) in [4.78, 5) is 0. The maximum atomic E-state index is 6.81. The smallest absolute Gasteiger partial charge is 0.102 e. The van der Waals surface area contributed by atoms with Gasteiger partial charge in [-0.25, -0.2) is 0 Å². The second-order valence-electron chi connectivity index (χ2n) is 1.04. The van der Waals surface area contributed by atoms with E-state index >= 15 is 0 Å². The molecule has 0 aliphatic rings. The van der Waals surface area contributed by atoms with Crippen LogP contribution < -0.4 is 5.32 Å². The highest BCUT2D eigenvalue weighted by molar-refractivity contribution is 9.18. The van der Waals surface area contributed by atoms with Gasteiger partial charge in [-0.05, 0) is 15.9 Å². The Morgan fingerprint density at radius 2 is 2.43 bits per heavy atom. The molecule has 0 heterocycles. The third-order valence-electron chi connectivity index (χ3n) is 0.435. The van der Waals surface area contributed by atoms with E-state index in [9.17, 15) is 0 Å². The molecule has 2 nitrogen and oxygen atoms in total. The van der Waals surface area contributed by atoms with Crippen molar-refractivity contribution in [3.63, 3.8) is 0 Å². The van der Waals surface area contributed by atoms with Gasteiger partial charge in [-0.3, -0.25) is 5.41 Å². The number of hydrogen-bond donors (Lipinski definition) is 2. The van der Waals surface area contributed by atoms with Gasteiger partial charge in [-0.15, -0.1) is 0 Å². The van der Waals surface area contributed by atoms with Crippen LogP contribution in [0.1, 0.15) is 0 Å². The van der Waals surface area contributed by atoms with Crippen molar-refractivity contribution in [3.05, 3.63) is 12.3 Å². The van der Waals surface area contributed by atoms with E-state index in [0.29, 0.717) is 4.62 Å². The number of nitrogens with one attached hydrogen (secondary N) is 1. The number of rotatable bonds is 2. The molecule has 0 saturated carbocycles. The number of quaternary nitrogens is 1. The molecule has 0 fully saturated rings. The largest absolute Gasteiger partial charge is 0.322 e. The SMILES string of the molecule is C[NH2+]C=CC(=N)Br. The van der Waals surface area contributed by atoms with Crippen LogP contribution in [0, 0.1) is 5.41 Å². The van der Waals surface area contributed by atoms with Gasteiger partial charge in [0.1, 0.15) is 4.62 Å². The summed E-state index contributed by atoms with van der Waals surface area (Å²) < 4.78 is 0.408. The lowest BCUT2D eigenvalue weighted by molar-refractivity contribution is -0.556. The lowest BCUT2D eigenvalue weighted by atomic mass is 10.7. The number of allylic oxidation sites excluding steroid dienone is 1. The summed E-state index contributed by atoms with van der Waals surface area (Å²) in [6.07, 6.45) is 3.47. The quantitative estimate of drug-likeness (QED) is 0.542. The summed E-state index contributed by atoms with van der Waals surface area (Å²) in [7, 11) is 1.91. The molecule has 0 unspecified atom stereocenters. The molecule has 0 saturated heterocycles. The first-order chi connectivity index (χ1) is 3.27. The minimum Gasteiger partial charge on any atom is -0.322 e. The topological polar surface area (TPSA) is 40.5 Å². The number of halogens is 1. The van der Waals surface area contributed by atoms with E-state index < -0.39 is 0 Å². The Labute approximate surface area is 51.2 Å². The standard InChI is InChI=1S/C4H7BrN2/c1-7-3-2-4(5)6/h2-3,6-7H,1H3/p+1. The van der Waals surface area contributed by atoms with Gasteiger partial charge >= 0.3 is 0 Å². The van der Waals surface area contributed by atoms with Gasteiger partial charge in [0, 0.05) is 6.08 Å². The average Bonchev–Trinajstić information content (AvgIpc) is 1.61. The Kier molecular flexibility index (Phi) is 3.93. The summed E-state index contributed by atoms with van der Waals surface area (Å²) in [6, 6.07) is 0. The zero-order chi connectivity index (χ0) is 5.70. The molecule has 0 spiro atoms. The first-order valence-corrected chi connectivity index (χ1v) is 2.76. The van der Waals surface area contributed by atoms with Crippen LogP contribution in [0.3, 0.4) is 0 Å². The molecule has 0 aliphatic carbocycles. The fourth-order valence-electron chi connectivity index (χ4n) is 0.181. The van der Waals surface area contributed by atoms with E-state index in [2.05, 4.69) is 15.9 Å². The van der Waals surface area contributed by atoms with E-state index in [1.54, 1.807) is 12.3 Å². The molecule has 0 aromatic heterocycles. The van der Waals surface area contributed by atoms with Crippen molar-refractivity contribution in [2.45, 2.75) is 0 Å². The van der Waals surface area contributed by atoms with Gasteiger partial charge < -0.3 is 5.32 Å². The Balaban J connectivity index is 3.26. The molecular formula is C4H8BrN2+. The lowest BCUT2D eigenvalue weighted by Crippen LogP contribution is -2.72. The average molecular weight is 164 g/mol. The van der Waals surface area contributed by atoms with Crippen LogP contribution in [-0.2, 0) is 0 Å².